The van der Waals surface area contributed by atoms with Crippen LogP contribution in [0.4, 0.5) is 9.18 Å². The maximum atomic E-state index is 14.6. The molecule has 1 saturated heterocycles. The van der Waals surface area contributed by atoms with Gasteiger partial charge in [-0.25, -0.2) is 14.6 Å². The van der Waals surface area contributed by atoms with Gasteiger partial charge >= 0.3 is 12.1 Å². The molecule has 4 aromatic rings. The number of nitrogens with zero attached hydrogens (tertiary/aromatic N) is 3. The first kappa shape index (κ1) is 41.4. The molecular formula is C43H56FN5O6. The normalized spacial score (nSPS) is 15.7. The van der Waals surface area contributed by atoms with Crippen LogP contribution < -0.4 is 10.7 Å². The number of benzene rings is 2. The van der Waals surface area contributed by atoms with Crippen molar-refractivity contribution in [1.82, 2.24) is 25.3 Å². The molecule has 2 amide bonds. The van der Waals surface area contributed by atoms with Crippen LogP contribution in [0, 0.1) is 5.41 Å². The van der Waals surface area contributed by atoms with Crippen molar-refractivity contribution in [2.45, 2.75) is 118 Å². The average molecular weight is 758 g/mol. The van der Waals surface area contributed by atoms with Gasteiger partial charge in [-0.3, -0.25) is 19.6 Å². The second-order valence-corrected chi connectivity index (χ2v) is 16.6. The second-order valence-electron chi connectivity index (χ2n) is 16.6. The Morgan fingerprint density at radius 3 is 2.42 bits per heavy atom. The Kier molecular flexibility index (Phi) is 12.7. The molecule has 1 aliphatic rings. The van der Waals surface area contributed by atoms with Crippen LogP contribution in [0.2, 0.25) is 0 Å². The Hall–Kier alpha value is -4.81. The molecule has 1 fully saturated rings. The van der Waals surface area contributed by atoms with Crippen molar-refractivity contribution in [2.24, 2.45) is 5.41 Å². The standard InChI is InChI=1S/C43H56FN5O6/c1-9-48-36-15-14-29(22-32(36)33(23-43(7,8)25-50)38(48)31-12-10-16-45-37(31)26(2)3)30-19-27(18-28(20-30)24-44)21-35(46-41(54)55-42(4,5)6)39(51)49-17-11-13-34(47-49)40(52)53/h10,12,14-16,18-20,22,26,34-35,47,50H,9,11,13,17,21,23-25H2,1-8H3,(H,46,54)(H,52,53)/t34-,35-/m0/s1. The van der Waals surface area contributed by atoms with Gasteiger partial charge in [-0.2, -0.15) is 0 Å². The van der Waals surface area contributed by atoms with Crippen LogP contribution in [-0.4, -0.2) is 73.6 Å². The summed E-state index contributed by atoms with van der Waals surface area (Å²) in [5.74, 6) is -1.41. The highest BCUT2D eigenvalue weighted by molar-refractivity contribution is 5.95. The number of alkyl carbamates (subject to hydrolysis) is 1. The van der Waals surface area contributed by atoms with E-state index in [9.17, 15) is 29.0 Å². The van der Waals surface area contributed by atoms with Crippen molar-refractivity contribution in [3.8, 4) is 22.4 Å². The number of rotatable bonds is 13. The number of carboxylic acid groups (broad SMARTS) is 1. The van der Waals surface area contributed by atoms with E-state index in [2.05, 4.69) is 54.3 Å². The zero-order valence-electron chi connectivity index (χ0n) is 33.3. The first-order valence-corrected chi connectivity index (χ1v) is 19.2. The summed E-state index contributed by atoms with van der Waals surface area (Å²) in [6, 6.07) is 13.6. The number of hydrogen-bond donors (Lipinski definition) is 4. The van der Waals surface area contributed by atoms with Crippen molar-refractivity contribution < 1.29 is 33.7 Å². The maximum Gasteiger partial charge on any atom is 0.408 e. The van der Waals surface area contributed by atoms with Gasteiger partial charge in [0.25, 0.3) is 5.91 Å². The zero-order valence-corrected chi connectivity index (χ0v) is 33.3. The van der Waals surface area contributed by atoms with Gasteiger partial charge in [-0.05, 0) is 116 Å². The molecule has 296 valence electrons. The van der Waals surface area contributed by atoms with Crippen LogP contribution in [0.1, 0.15) is 96.5 Å². The molecule has 0 bridgehead atoms. The number of carboxylic acids is 1. The Morgan fingerprint density at radius 1 is 1.05 bits per heavy atom. The number of fused-ring (bicyclic) bond motifs is 1. The first-order valence-electron chi connectivity index (χ1n) is 19.2. The molecule has 2 aromatic carbocycles. The number of aryl methyl sites for hydroxylation is 1. The quantitative estimate of drug-likeness (QED) is 0.109. The lowest BCUT2D eigenvalue weighted by molar-refractivity contribution is -0.147. The van der Waals surface area contributed by atoms with Crippen LogP contribution in [0.25, 0.3) is 33.3 Å². The highest BCUT2D eigenvalue weighted by Gasteiger charge is 2.34. The van der Waals surface area contributed by atoms with Gasteiger partial charge in [0.1, 0.15) is 24.4 Å². The number of hydrogen-bond acceptors (Lipinski definition) is 7. The third-order valence-corrected chi connectivity index (χ3v) is 9.93. The zero-order chi connectivity index (χ0) is 40.2. The van der Waals surface area contributed by atoms with Gasteiger partial charge in [0.15, 0.2) is 0 Å². The van der Waals surface area contributed by atoms with E-state index in [0.717, 1.165) is 44.5 Å². The summed E-state index contributed by atoms with van der Waals surface area (Å²) in [5, 5.41) is 25.0. The number of carbonyl (C=O) groups excluding carboxylic acids is 2. The number of alkyl halides is 1. The lowest BCUT2D eigenvalue weighted by Gasteiger charge is -2.34. The van der Waals surface area contributed by atoms with Crippen molar-refractivity contribution in [3.05, 3.63) is 77.1 Å². The van der Waals surface area contributed by atoms with E-state index in [0.29, 0.717) is 36.9 Å². The Labute approximate surface area is 323 Å². The minimum absolute atomic E-state index is 0.00194. The van der Waals surface area contributed by atoms with Crippen LogP contribution in [0.15, 0.2) is 54.7 Å². The molecule has 0 aliphatic carbocycles. The molecule has 3 heterocycles. The monoisotopic (exact) mass is 757 g/mol. The fourth-order valence-corrected chi connectivity index (χ4v) is 7.35. The van der Waals surface area contributed by atoms with Gasteiger partial charge in [0.05, 0.1) is 11.4 Å². The largest absolute Gasteiger partial charge is 0.480 e. The maximum absolute atomic E-state index is 14.6. The summed E-state index contributed by atoms with van der Waals surface area (Å²) in [4.78, 5) is 43.5. The fourth-order valence-electron chi connectivity index (χ4n) is 7.35. The van der Waals surface area contributed by atoms with E-state index >= 15 is 0 Å². The smallest absolute Gasteiger partial charge is 0.408 e. The summed E-state index contributed by atoms with van der Waals surface area (Å²) in [6.07, 6.45) is 2.45. The van der Waals surface area contributed by atoms with E-state index in [1.165, 1.54) is 5.01 Å². The van der Waals surface area contributed by atoms with Crippen molar-refractivity contribution in [1.29, 1.82) is 0 Å². The number of aliphatic hydroxyl groups excluding tert-OH is 1. The molecule has 0 spiro atoms. The predicted octanol–water partition coefficient (Wildman–Crippen LogP) is 7.56. The number of halogens is 1. The lowest BCUT2D eigenvalue weighted by atomic mass is 9.84. The molecular weight excluding hydrogens is 702 g/mol. The van der Waals surface area contributed by atoms with E-state index < -0.39 is 47.7 Å². The molecule has 5 rings (SSSR count). The molecule has 0 saturated carbocycles. The summed E-state index contributed by atoms with van der Waals surface area (Å²) >= 11 is 0. The van der Waals surface area contributed by atoms with Gasteiger partial charge in [-0.1, -0.05) is 45.9 Å². The van der Waals surface area contributed by atoms with Crippen LogP contribution >= 0.6 is 0 Å². The van der Waals surface area contributed by atoms with Crippen LogP contribution in [0.3, 0.4) is 0 Å². The van der Waals surface area contributed by atoms with Crippen molar-refractivity contribution in [3.63, 3.8) is 0 Å². The number of amides is 2. The minimum Gasteiger partial charge on any atom is -0.480 e. The third kappa shape index (κ3) is 9.71. The number of aliphatic carboxylic acids is 1. The summed E-state index contributed by atoms with van der Waals surface area (Å²) in [6.45, 7) is 15.8. The molecule has 12 heteroatoms. The van der Waals surface area contributed by atoms with E-state index in [-0.39, 0.29) is 25.5 Å². The van der Waals surface area contributed by atoms with Gasteiger partial charge in [0.2, 0.25) is 0 Å². The average Bonchev–Trinajstić information content (AvgIpc) is 3.44. The number of pyridine rings is 1. The SMILES string of the molecule is CCn1c(-c2cccnc2C(C)C)c(CC(C)(C)CO)c2cc(-c3cc(CF)cc(C[C@H](NC(=O)OC(C)(C)C)C(=O)N4CCC[C@@H](C(=O)O)N4)c3)ccc21. The van der Waals surface area contributed by atoms with Crippen molar-refractivity contribution >= 4 is 28.9 Å². The Balaban J connectivity index is 1.61. The van der Waals surface area contributed by atoms with E-state index in [1.807, 2.05) is 38.2 Å². The topological polar surface area (TPSA) is 146 Å². The van der Waals surface area contributed by atoms with Gasteiger partial charge < -0.3 is 24.8 Å². The van der Waals surface area contributed by atoms with Crippen LogP contribution in [-0.2, 0) is 40.4 Å². The molecule has 0 unspecified atom stereocenters. The van der Waals surface area contributed by atoms with Gasteiger partial charge in [0, 0.05) is 48.8 Å². The van der Waals surface area contributed by atoms with Gasteiger partial charge in [-0.15, -0.1) is 0 Å². The Morgan fingerprint density at radius 2 is 1.78 bits per heavy atom. The molecule has 1 aliphatic heterocycles. The number of aliphatic hydroxyl groups is 1. The number of hydrazine groups is 1. The number of nitrogens with one attached hydrogen (secondary N) is 2. The molecule has 55 heavy (non-hydrogen) atoms. The first-order chi connectivity index (χ1) is 25.9. The predicted molar refractivity (Wildman–Crippen MR) is 212 cm³/mol. The lowest BCUT2D eigenvalue weighted by Crippen LogP contribution is -2.60. The molecule has 2 aromatic heterocycles. The minimum atomic E-state index is -1.14. The number of aromatic nitrogens is 2. The molecule has 11 nitrogen and oxygen atoms in total. The molecule has 4 N–H and O–H groups in total. The third-order valence-electron chi connectivity index (χ3n) is 9.93. The van der Waals surface area contributed by atoms with Crippen molar-refractivity contribution in [2.75, 3.05) is 13.2 Å². The summed E-state index contributed by atoms with van der Waals surface area (Å²) in [7, 11) is 0. The highest BCUT2D eigenvalue weighted by atomic mass is 19.1. The molecule has 0 radical (unpaired) electrons. The highest BCUT2D eigenvalue weighted by Crippen LogP contribution is 2.41. The summed E-state index contributed by atoms with van der Waals surface area (Å²) in [5.41, 5.74) is 9.36. The summed E-state index contributed by atoms with van der Waals surface area (Å²) < 4.78 is 22.4. The van der Waals surface area contributed by atoms with E-state index in [1.54, 1.807) is 32.9 Å². The Bertz CT molecular complexity index is 2030. The molecule has 2 atom stereocenters. The number of ether oxygens (including phenoxy) is 1. The second kappa shape index (κ2) is 16.9. The fraction of sp³-hybridized carbons (Fsp3) is 0.488. The van der Waals surface area contributed by atoms with Crippen LogP contribution in [0.5, 0.6) is 0 Å². The number of carbonyl (C=O) groups is 3. The van der Waals surface area contributed by atoms with E-state index in [4.69, 9.17) is 9.72 Å².